The second-order valence-electron chi connectivity index (χ2n) is 6.15. The topological polar surface area (TPSA) is 40.5 Å². The highest BCUT2D eigenvalue weighted by Crippen LogP contribution is 2.39. The van der Waals surface area contributed by atoms with Crippen molar-refractivity contribution in [3.63, 3.8) is 0 Å². The van der Waals surface area contributed by atoms with E-state index >= 15 is 0 Å². The monoisotopic (exact) mass is 300 g/mol. The van der Waals surface area contributed by atoms with Crippen molar-refractivity contribution < 1.29 is 9.90 Å². The standard InChI is InChI=1S/C18H24O2Si/c1-18(2,14-9-15-19)21(20,16-10-5-3-6-11-16)17-12-7-4-8-13-17/h3-8,10-13,19-20H,9,14-15H2,1-2H3. The SMILES string of the molecule is CC(C)(CCCO)[Si](O)(c1ccccc1)c1ccccc1. The van der Waals surface area contributed by atoms with Gasteiger partial charge in [0.2, 0.25) is 0 Å². The molecule has 0 radical (unpaired) electrons. The van der Waals surface area contributed by atoms with Crippen LogP contribution in [0.5, 0.6) is 0 Å². The third-order valence-electron chi connectivity index (χ3n) is 4.32. The van der Waals surface area contributed by atoms with E-state index in [1.165, 1.54) is 0 Å². The molecule has 2 aromatic carbocycles. The maximum atomic E-state index is 11.8. The van der Waals surface area contributed by atoms with Gasteiger partial charge in [0.15, 0.2) is 0 Å². The summed E-state index contributed by atoms with van der Waals surface area (Å²) in [6.07, 6.45) is 1.51. The summed E-state index contributed by atoms with van der Waals surface area (Å²) in [4.78, 5) is 11.8. The van der Waals surface area contributed by atoms with Gasteiger partial charge in [-0.3, -0.25) is 0 Å². The summed E-state index contributed by atoms with van der Waals surface area (Å²) >= 11 is 0. The maximum Gasteiger partial charge on any atom is 0.258 e. The first-order valence-corrected chi connectivity index (χ1v) is 9.41. The number of benzene rings is 2. The Balaban J connectivity index is 2.55. The van der Waals surface area contributed by atoms with Crippen LogP contribution < -0.4 is 10.4 Å². The molecule has 0 fully saturated rings. The minimum Gasteiger partial charge on any atom is -0.424 e. The average Bonchev–Trinajstić information content (AvgIpc) is 2.53. The second kappa shape index (κ2) is 6.56. The zero-order valence-electron chi connectivity index (χ0n) is 12.8. The maximum absolute atomic E-state index is 11.8. The zero-order chi connectivity index (χ0) is 15.3. The largest absolute Gasteiger partial charge is 0.424 e. The molecular formula is C18H24O2Si. The first-order valence-electron chi connectivity index (χ1n) is 7.46. The van der Waals surface area contributed by atoms with Crippen molar-refractivity contribution in [1.82, 2.24) is 0 Å². The van der Waals surface area contributed by atoms with Gasteiger partial charge in [-0.1, -0.05) is 74.5 Å². The Morgan fingerprint density at radius 3 is 1.67 bits per heavy atom. The van der Waals surface area contributed by atoms with Gasteiger partial charge in [-0.15, -0.1) is 0 Å². The van der Waals surface area contributed by atoms with E-state index in [1.54, 1.807) is 0 Å². The third kappa shape index (κ3) is 3.10. The highest BCUT2D eigenvalue weighted by Gasteiger charge is 2.49. The van der Waals surface area contributed by atoms with E-state index in [4.69, 9.17) is 0 Å². The second-order valence-corrected chi connectivity index (χ2v) is 10.1. The lowest BCUT2D eigenvalue weighted by Crippen LogP contribution is -2.65. The van der Waals surface area contributed by atoms with Gasteiger partial charge in [0.1, 0.15) is 0 Å². The van der Waals surface area contributed by atoms with Crippen molar-refractivity contribution in [2.75, 3.05) is 6.61 Å². The Bertz CT molecular complexity index is 512. The van der Waals surface area contributed by atoms with Crippen LogP contribution in [0, 0.1) is 0 Å². The van der Waals surface area contributed by atoms with E-state index in [0.717, 1.165) is 16.8 Å². The minimum atomic E-state index is -2.88. The summed E-state index contributed by atoms with van der Waals surface area (Å²) in [5, 5.41) is 11.0. The van der Waals surface area contributed by atoms with Crippen molar-refractivity contribution in [1.29, 1.82) is 0 Å². The predicted molar refractivity (Wildman–Crippen MR) is 90.5 cm³/mol. The van der Waals surface area contributed by atoms with Crippen LogP contribution in [0.4, 0.5) is 0 Å². The van der Waals surface area contributed by atoms with E-state index in [1.807, 2.05) is 60.7 Å². The van der Waals surface area contributed by atoms with E-state index in [-0.39, 0.29) is 11.6 Å². The van der Waals surface area contributed by atoms with Gasteiger partial charge in [-0.25, -0.2) is 0 Å². The molecule has 112 valence electrons. The molecule has 2 nitrogen and oxygen atoms in total. The lowest BCUT2D eigenvalue weighted by atomic mass is 10.1. The van der Waals surface area contributed by atoms with Gasteiger partial charge in [0.05, 0.1) is 0 Å². The van der Waals surface area contributed by atoms with E-state index < -0.39 is 8.32 Å². The molecule has 2 rings (SSSR count). The van der Waals surface area contributed by atoms with Crippen LogP contribution in [0.3, 0.4) is 0 Å². The van der Waals surface area contributed by atoms with Gasteiger partial charge in [0.25, 0.3) is 8.32 Å². The molecule has 0 bridgehead atoms. The van der Waals surface area contributed by atoms with E-state index in [2.05, 4.69) is 13.8 Å². The Hall–Kier alpha value is -1.42. The first kappa shape index (κ1) is 16.0. The van der Waals surface area contributed by atoms with Crippen LogP contribution in [0.1, 0.15) is 26.7 Å². The molecule has 0 aliphatic carbocycles. The van der Waals surface area contributed by atoms with Crippen LogP contribution in [0.25, 0.3) is 0 Å². The Morgan fingerprint density at radius 1 is 0.857 bits per heavy atom. The Morgan fingerprint density at radius 2 is 1.29 bits per heavy atom. The van der Waals surface area contributed by atoms with Crippen molar-refractivity contribution in [2.45, 2.75) is 31.7 Å². The van der Waals surface area contributed by atoms with E-state index in [9.17, 15) is 9.90 Å². The molecule has 2 aromatic rings. The van der Waals surface area contributed by atoms with Crippen molar-refractivity contribution in [3.8, 4) is 0 Å². The third-order valence-corrected chi connectivity index (χ3v) is 8.87. The summed E-state index contributed by atoms with van der Waals surface area (Å²) < 4.78 is 0. The van der Waals surface area contributed by atoms with Crippen molar-refractivity contribution >= 4 is 18.7 Å². The smallest absolute Gasteiger partial charge is 0.258 e. The first-order chi connectivity index (χ1) is 10.0. The fourth-order valence-corrected chi connectivity index (χ4v) is 6.79. The minimum absolute atomic E-state index is 0.164. The quantitative estimate of drug-likeness (QED) is 0.804. The fourth-order valence-electron chi connectivity index (χ4n) is 3.01. The molecule has 0 atom stereocenters. The molecule has 0 aliphatic heterocycles. The zero-order valence-corrected chi connectivity index (χ0v) is 13.8. The summed E-state index contributed by atoms with van der Waals surface area (Å²) in [6, 6.07) is 20.0. The molecule has 0 aromatic heterocycles. The predicted octanol–water partition coefficient (Wildman–Crippen LogP) is 2.29. The van der Waals surface area contributed by atoms with Gasteiger partial charge >= 0.3 is 0 Å². The summed E-state index contributed by atoms with van der Waals surface area (Å²) in [6.45, 7) is 4.40. The van der Waals surface area contributed by atoms with Gasteiger partial charge in [0, 0.05) is 6.61 Å². The van der Waals surface area contributed by atoms with Crippen LogP contribution in [-0.4, -0.2) is 24.8 Å². The van der Waals surface area contributed by atoms with Gasteiger partial charge in [-0.05, 0) is 28.3 Å². The molecule has 0 aliphatic rings. The van der Waals surface area contributed by atoms with Gasteiger partial charge < -0.3 is 9.90 Å². The van der Waals surface area contributed by atoms with Crippen LogP contribution in [-0.2, 0) is 0 Å². The number of rotatable bonds is 6. The molecule has 0 spiro atoms. The van der Waals surface area contributed by atoms with Crippen molar-refractivity contribution in [3.05, 3.63) is 60.7 Å². The normalized spacial score (nSPS) is 12.4. The average molecular weight is 300 g/mol. The van der Waals surface area contributed by atoms with Crippen LogP contribution in [0.15, 0.2) is 60.7 Å². The summed E-state index contributed by atoms with van der Waals surface area (Å²) in [7, 11) is -2.88. The molecule has 0 saturated heterocycles. The number of hydrogen-bond acceptors (Lipinski definition) is 2. The molecule has 0 unspecified atom stereocenters. The summed E-state index contributed by atoms with van der Waals surface area (Å²) in [5.41, 5.74) is 0. The van der Waals surface area contributed by atoms with E-state index in [0.29, 0.717) is 6.42 Å². The summed E-state index contributed by atoms with van der Waals surface area (Å²) in [5.74, 6) is 0. The molecular weight excluding hydrogens is 276 g/mol. The number of hydrogen-bond donors (Lipinski definition) is 2. The number of aliphatic hydroxyl groups is 1. The van der Waals surface area contributed by atoms with Crippen molar-refractivity contribution in [2.24, 2.45) is 0 Å². The fraction of sp³-hybridized carbons (Fsp3) is 0.333. The Kier molecular flexibility index (Phi) is 4.98. The number of aliphatic hydroxyl groups excluding tert-OH is 1. The highest BCUT2D eigenvalue weighted by atomic mass is 28.4. The lowest BCUT2D eigenvalue weighted by Gasteiger charge is -2.41. The van der Waals surface area contributed by atoms with Crippen LogP contribution in [0.2, 0.25) is 5.04 Å². The molecule has 21 heavy (non-hydrogen) atoms. The van der Waals surface area contributed by atoms with Crippen LogP contribution >= 0.6 is 0 Å². The Labute approximate surface area is 128 Å². The molecule has 2 N–H and O–H groups in total. The highest BCUT2D eigenvalue weighted by molar-refractivity contribution is 6.98. The molecule has 0 amide bonds. The van der Waals surface area contributed by atoms with Gasteiger partial charge in [-0.2, -0.15) is 0 Å². The molecule has 3 heteroatoms. The lowest BCUT2D eigenvalue weighted by molar-refractivity contribution is 0.274. The molecule has 0 saturated carbocycles. The molecule has 0 heterocycles.